The van der Waals surface area contributed by atoms with E-state index >= 15 is 0 Å². The Morgan fingerprint density at radius 3 is 2.48 bits per heavy atom. The lowest BCUT2D eigenvalue weighted by molar-refractivity contribution is -0.138. The Labute approximate surface area is 138 Å². The van der Waals surface area contributed by atoms with Crippen LogP contribution in [0, 0.1) is 0 Å². The number of hydrogen-bond donors (Lipinski definition) is 1. The van der Waals surface area contributed by atoms with Crippen LogP contribution in [0.5, 0.6) is 0 Å². The molecule has 1 aromatic rings. The maximum Gasteiger partial charge on any atom is 0.332 e. The van der Waals surface area contributed by atoms with Gasteiger partial charge in [0.2, 0.25) is 0 Å². The highest BCUT2D eigenvalue weighted by molar-refractivity contribution is 5.82. The quantitative estimate of drug-likeness (QED) is 0.470. The van der Waals surface area contributed by atoms with Crippen LogP contribution in [0.1, 0.15) is 18.9 Å². The molecule has 1 aliphatic heterocycles. The summed E-state index contributed by atoms with van der Waals surface area (Å²) >= 11 is 0. The molecule has 0 spiro atoms. The largest absolute Gasteiger partial charge is 0.462 e. The monoisotopic (exact) mass is 317 g/mol. The van der Waals surface area contributed by atoms with Crippen LogP contribution < -0.4 is 5.73 Å². The van der Waals surface area contributed by atoms with Crippen molar-refractivity contribution in [3.63, 3.8) is 0 Å². The zero-order valence-corrected chi connectivity index (χ0v) is 13.9. The molecule has 1 aliphatic rings. The third-order valence-electron chi connectivity index (χ3n) is 3.92. The normalized spacial score (nSPS) is 17.2. The minimum Gasteiger partial charge on any atom is -0.462 e. The van der Waals surface area contributed by atoms with Gasteiger partial charge in [0.15, 0.2) is 0 Å². The fourth-order valence-electron chi connectivity index (χ4n) is 2.70. The molecule has 2 rings (SSSR count). The van der Waals surface area contributed by atoms with E-state index < -0.39 is 0 Å². The van der Waals surface area contributed by atoms with Crippen LogP contribution >= 0.6 is 0 Å². The maximum atomic E-state index is 11.3. The van der Waals surface area contributed by atoms with Crippen molar-refractivity contribution in [1.82, 2.24) is 9.80 Å². The Morgan fingerprint density at radius 1 is 1.17 bits per heavy atom. The summed E-state index contributed by atoms with van der Waals surface area (Å²) in [4.78, 5) is 16.2. The van der Waals surface area contributed by atoms with Crippen molar-refractivity contribution in [2.24, 2.45) is 5.73 Å². The van der Waals surface area contributed by atoms with E-state index in [2.05, 4.69) is 40.1 Å². The van der Waals surface area contributed by atoms with E-state index in [1.165, 1.54) is 11.6 Å². The molecule has 0 unspecified atom stereocenters. The highest BCUT2D eigenvalue weighted by Crippen LogP contribution is 2.08. The zero-order valence-electron chi connectivity index (χ0n) is 13.9. The first-order chi connectivity index (χ1) is 11.1. The molecule has 0 saturated carbocycles. The number of allylic oxidation sites excluding steroid dienone is 1. The van der Waals surface area contributed by atoms with Crippen molar-refractivity contribution in [2.45, 2.75) is 19.9 Å². The summed E-state index contributed by atoms with van der Waals surface area (Å²) in [5.74, 6) is -0.349. The highest BCUT2D eigenvalue weighted by atomic mass is 16.5. The van der Waals surface area contributed by atoms with E-state index in [0.717, 1.165) is 45.7 Å². The van der Waals surface area contributed by atoms with Crippen LogP contribution in [0.2, 0.25) is 0 Å². The van der Waals surface area contributed by atoms with Gasteiger partial charge < -0.3 is 15.4 Å². The topological polar surface area (TPSA) is 58.8 Å². The second kappa shape index (κ2) is 9.33. The van der Waals surface area contributed by atoms with E-state index in [1.807, 2.05) is 0 Å². The number of carbonyl (C=O) groups is 1. The summed E-state index contributed by atoms with van der Waals surface area (Å²) in [7, 11) is 0. The Kier molecular flexibility index (Phi) is 7.10. The SMILES string of the molecule is C/C(N)=C/C(=O)OCCCN1CCN(Cc2ccccc2)CC1. The van der Waals surface area contributed by atoms with Crippen LogP contribution in [0.25, 0.3) is 0 Å². The molecule has 1 heterocycles. The van der Waals surface area contributed by atoms with Crippen molar-refractivity contribution in [1.29, 1.82) is 0 Å². The number of esters is 1. The van der Waals surface area contributed by atoms with E-state index in [9.17, 15) is 4.79 Å². The molecule has 23 heavy (non-hydrogen) atoms. The van der Waals surface area contributed by atoms with Crippen molar-refractivity contribution < 1.29 is 9.53 Å². The fraction of sp³-hybridized carbons (Fsp3) is 0.500. The van der Waals surface area contributed by atoms with E-state index in [-0.39, 0.29) is 5.97 Å². The molecule has 1 aromatic carbocycles. The predicted molar refractivity (Wildman–Crippen MR) is 91.7 cm³/mol. The molecular formula is C18H27N3O2. The number of nitrogens with zero attached hydrogens (tertiary/aromatic N) is 2. The van der Waals surface area contributed by atoms with Crippen LogP contribution in [-0.4, -0.2) is 55.1 Å². The summed E-state index contributed by atoms with van der Waals surface area (Å²) in [6, 6.07) is 10.6. The molecule has 0 bridgehead atoms. The van der Waals surface area contributed by atoms with Gasteiger partial charge in [-0.3, -0.25) is 4.90 Å². The van der Waals surface area contributed by atoms with Crippen LogP contribution in [-0.2, 0) is 16.1 Å². The Bertz CT molecular complexity index is 504. The van der Waals surface area contributed by atoms with E-state index in [0.29, 0.717) is 12.3 Å². The number of ether oxygens (including phenoxy) is 1. The summed E-state index contributed by atoms with van der Waals surface area (Å²) < 4.78 is 5.11. The molecule has 0 atom stereocenters. The summed E-state index contributed by atoms with van der Waals surface area (Å²) in [5.41, 5.74) is 7.28. The molecule has 0 amide bonds. The van der Waals surface area contributed by atoms with Gasteiger partial charge in [-0.1, -0.05) is 30.3 Å². The molecule has 126 valence electrons. The molecule has 0 aromatic heterocycles. The number of nitrogens with two attached hydrogens (primary N) is 1. The first kappa shape index (κ1) is 17.5. The van der Waals surface area contributed by atoms with Gasteiger partial charge in [0.05, 0.1) is 6.61 Å². The first-order valence-electron chi connectivity index (χ1n) is 8.22. The standard InChI is InChI=1S/C18H27N3O2/c1-16(19)14-18(22)23-13-5-8-20-9-11-21(12-10-20)15-17-6-3-2-4-7-17/h2-4,6-7,14H,5,8-13,15,19H2,1H3/b16-14-. The van der Waals surface area contributed by atoms with Crippen LogP contribution in [0.4, 0.5) is 0 Å². The summed E-state index contributed by atoms with van der Waals surface area (Å²) in [6.07, 6.45) is 2.18. The lowest BCUT2D eigenvalue weighted by atomic mass is 10.2. The lowest BCUT2D eigenvalue weighted by Gasteiger charge is -2.34. The predicted octanol–water partition coefficient (Wildman–Crippen LogP) is 1.60. The number of piperazine rings is 1. The van der Waals surface area contributed by atoms with Crippen LogP contribution in [0.3, 0.4) is 0 Å². The smallest absolute Gasteiger partial charge is 0.332 e. The number of benzene rings is 1. The van der Waals surface area contributed by atoms with Gasteiger partial charge in [0.25, 0.3) is 0 Å². The number of hydrogen-bond acceptors (Lipinski definition) is 5. The molecule has 5 heteroatoms. The first-order valence-corrected chi connectivity index (χ1v) is 8.22. The second-order valence-electron chi connectivity index (χ2n) is 6.01. The average Bonchev–Trinajstić information content (AvgIpc) is 2.53. The molecular weight excluding hydrogens is 290 g/mol. The minimum absolute atomic E-state index is 0.349. The molecule has 0 radical (unpaired) electrons. The minimum atomic E-state index is -0.349. The van der Waals surface area contributed by atoms with Crippen molar-refractivity contribution in [3.8, 4) is 0 Å². The van der Waals surface area contributed by atoms with Gasteiger partial charge in [-0.05, 0) is 18.9 Å². The van der Waals surface area contributed by atoms with Gasteiger partial charge in [0, 0.05) is 51.0 Å². The van der Waals surface area contributed by atoms with Gasteiger partial charge in [-0.15, -0.1) is 0 Å². The third kappa shape index (κ3) is 6.84. The highest BCUT2D eigenvalue weighted by Gasteiger charge is 2.16. The molecule has 1 fully saturated rings. The second-order valence-corrected chi connectivity index (χ2v) is 6.01. The molecule has 0 aliphatic carbocycles. The average molecular weight is 317 g/mol. The van der Waals surface area contributed by atoms with E-state index in [4.69, 9.17) is 10.5 Å². The zero-order chi connectivity index (χ0) is 16.5. The van der Waals surface area contributed by atoms with Gasteiger partial charge in [-0.2, -0.15) is 0 Å². The Hall–Kier alpha value is -1.85. The van der Waals surface area contributed by atoms with Crippen molar-refractivity contribution in [3.05, 3.63) is 47.7 Å². The number of carbonyl (C=O) groups excluding carboxylic acids is 1. The fourth-order valence-corrected chi connectivity index (χ4v) is 2.70. The summed E-state index contributed by atoms with van der Waals surface area (Å²) in [5, 5.41) is 0. The van der Waals surface area contributed by atoms with Crippen molar-refractivity contribution >= 4 is 5.97 Å². The Balaban J connectivity index is 1.58. The van der Waals surface area contributed by atoms with Crippen molar-refractivity contribution in [2.75, 3.05) is 39.3 Å². The lowest BCUT2D eigenvalue weighted by Crippen LogP contribution is -2.46. The Morgan fingerprint density at radius 2 is 1.83 bits per heavy atom. The maximum absolute atomic E-state index is 11.3. The molecule has 2 N–H and O–H groups in total. The summed E-state index contributed by atoms with van der Waals surface area (Å²) in [6.45, 7) is 8.44. The third-order valence-corrected chi connectivity index (χ3v) is 3.92. The number of rotatable bonds is 7. The molecule has 5 nitrogen and oxygen atoms in total. The van der Waals surface area contributed by atoms with Crippen LogP contribution in [0.15, 0.2) is 42.1 Å². The molecule has 1 saturated heterocycles. The van der Waals surface area contributed by atoms with E-state index in [1.54, 1.807) is 6.92 Å². The van der Waals surface area contributed by atoms with Gasteiger partial charge in [0.1, 0.15) is 0 Å². The van der Waals surface area contributed by atoms with Gasteiger partial charge >= 0.3 is 5.97 Å². The van der Waals surface area contributed by atoms with Gasteiger partial charge in [-0.25, -0.2) is 4.79 Å².